The Balaban J connectivity index is 1.47. The third-order valence-electron chi connectivity index (χ3n) is 6.62. The van der Waals surface area contributed by atoms with Crippen LogP contribution in [0.3, 0.4) is 0 Å². The van der Waals surface area contributed by atoms with Crippen molar-refractivity contribution in [3.8, 4) is 5.75 Å². The number of carbonyl (C=O) groups is 1. The summed E-state index contributed by atoms with van der Waals surface area (Å²) in [4.78, 5) is 17.1. The molecule has 0 bridgehead atoms. The number of piperidine rings is 1. The summed E-state index contributed by atoms with van der Waals surface area (Å²) in [5.74, 6) is 1.12. The van der Waals surface area contributed by atoms with Gasteiger partial charge in [0.15, 0.2) is 6.61 Å². The summed E-state index contributed by atoms with van der Waals surface area (Å²) in [6, 6.07) is 15.3. The van der Waals surface area contributed by atoms with Crippen molar-refractivity contribution in [3.63, 3.8) is 0 Å². The van der Waals surface area contributed by atoms with Crippen molar-refractivity contribution in [3.05, 3.63) is 65.5 Å². The first kappa shape index (κ1) is 20.9. The first-order valence-electron chi connectivity index (χ1n) is 11.0. The molecule has 0 unspecified atom stereocenters. The van der Waals surface area contributed by atoms with Crippen LogP contribution in [-0.2, 0) is 17.8 Å². The van der Waals surface area contributed by atoms with Gasteiger partial charge >= 0.3 is 0 Å². The smallest absolute Gasteiger partial charge is 0.260 e. The fraction of sp³-hybridized carbons (Fsp3) is 0.480. The zero-order valence-corrected chi connectivity index (χ0v) is 17.7. The molecule has 160 valence electrons. The van der Waals surface area contributed by atoms with Gasteiger partial charge in [0.2, 0.25) is 0 Å². The number of benzene rings is 2. The van der Waals surface area contributed by atoms with Crippen LogP contribution in [0.4, 0.5) is 4.39 Å². The third kappa shape index (κ3) is 4.84. The Morgan fingerprint density at radius 2 is 1.87 bits per heavy atom. The molecule has 0 aliphatic carbocycles. The average molecular weight is 411 g/mol. The highest BCUT2D eigenvalue weighted by Gasteiger charge is 2.34. The van der Waals surface area contributed by atoms with Crippen molar-refractivity contribution < 1.29 is 13.9 Å². The van der Waals surface area contributed by atoms with E-state index in [1.54, 1.807) is 6.07 Å². The second-order valence-corrected chi connectivity index (χ2v) is 8.59. The number of halogens is 1. The molecule has 0 saturated carbocycles. The van der Waals surface area contributed by atoms with Gasteiger partial charge in [-0.3, -0.25) is 9.69 Å². The molecule has 2 aromatic rings. The molecule has 4 nitrogen and oxygen atoms in total. The molecule has 0 N–H and O–H groups in total. The number of likely N-dealkylation sites (tertiary alicyclic amines) is 1. The van der Waals surface area contributed by atoms with Gasteiger partial charge in [0.25, 0.3) is 5.91 Å². The number of hydrogen-bond donors (Lipinski definition) is 0. The summed E-state index contributed by atoms with van der Waals surface area (Å²) in [6.07, 6.45) is 5.19. The van der Waals surface area contributed by atoms with Crippen molar-refractivity contribution in [2.75, 3.05) is 26.7 Å². The number of ether oxygens (including phenoxy) is 1. The number of nitrogens with zero attached hydrogens (tertiary/aromatic N) is 2. The van der Waals surface area contributed by atoms with Crippen molar-refractivity contribution >= 4 is 5.91 Å². The van der Waals surface area contributed by atoms with E-state index in [4.69, 9.17) is 4.74 Å². The zero-order valence-electron chi connectivity index (χ0n) is 17.7. The number of likely N-dealkylation sites (N-methyl/N-ethyl adjacent to an activating group) is 1. The fourth-order valence-corrected chi connectivity index (χ4v) is 4.90. The number of aryl methyl sites for hydroxylation is 1. The maximum absolute atomic E-state index is 14.1. The molecule has 1 amide bonds. The maximum atomic E-state index is 14.1. The van der Waals surface area contributed by atoms with E-state index < -0.39 is 0 Å². The van der Waals surface area contributed by atoms with Crippen LogP contribution in [0, 0.1) is 11.7 Å². The molecule has 2 aliphatic heterocycles. The van der Waals surface area contributed by atoms with E-state index >= 15 is 0 Å². The Morgan fingerprint density at radius 1 is 1.07 bits per heavy atom. The maximum Gasteiger partial charge on any atom is 0.260 e. The molecule has 0 radical (unpaired) electrons. The standard InChI is InChI=1S/C25H31FN2O2/c1-27-23-14-15-28(16-20-10-4-6-12-22(20)26)17-21(23)11-3-2-8-19-9-5-7-13-24(19)30-18-25(27)29/h4-7,9-10,12-13,21,23H,2-3,8,11,14-18H2,1H3/t21-,23+/m0/s1. The summed E-state index contributed by atoms with van der Waals surface area (Å²) < 4.78 is 20.0. The Labute approximate surface area is 178 Å². The van der Waals surface area contributed by atoms with Gasteiger partial charge in [0.05, 0.1) is 0 Å². The molecule has 30 heavy (non-hydrogen) atoms. The molecule has 5 heteroatoms. The minimum Gasteiger partial charge on any atom is -0.483 e. The lowest BCUT2D eigenvalue weighted by Gasteiger charge is -2.43. The number of rotatable bonds is 2. The number of amides is 1. The highest BCUT2D eigenvalue weighted by Crippen LogP contribution is 2.29. The van der Waals surface area contributed by atoms with Crippen LogP contribution in [0.5, 0.6) is 5.75 Å². The van der Waals surface area contributed by atoms with Crippen molar-refractivity contribution in [1.29, 1.82) is 0 Å². The van der Waals surface area contributed by atoms with Gasteiger partial charge in [-0.25, -0.2) is 4.39 Å². The average Bonchev–Trinajstić information content (AvgIpc) is 2.76. The van der Waals surface area contributed by atoms with E-state index in [-0.39, 0.29) is 24.4 Å². The normalized spacial score (nSPS) is 23.5. The molecular weight excluding hydrogens is 379 g/mol. The van der Waals surface area contributed by atoms with Crippen LogP contribution in [0.1, 0.15) is 36.8 Å². The van der Waals surface area contributed by atoms with Gasteiger partial charge in [0.1, 0.15) is 11.6 Å². The molecule has 2 atom stereocenters. The molecule has 2 heterocycles. The molecule has 2 aromatic carbocycles. The van der Waals surface area contributed by atoms with Crippen LogP contribution >= 0.6 is 0 Å². The van der Waals surface area contributed by atoms with E-state index in [1.807, 2.05) is 42.3 Å². The number of para-hydroxylation sites is 1. The summed E-state index contributed by atoms with van der Waals surface area (Å²) in [5, 5.41) is 0. The minimum absolute atomic E-state index is 0.0305. The Hall–Kier alpha value is -2.40. The summed E-state index contributed by atoms with van der Waals surface area (Å²) in [7, 11) is 1.91. The topological polar surface area (TPSA) is 32.8 Å². The summed E-state index contributed by atoms with van der Waals surface area (Å²) in [6.45, 7) is 2.48. The molecule has 1 fully saturated rings. The Kier molecular flexibility index (Phi) is 6.68. The van der Waals surface area contributed by atoms with Crippen LogP contribution < -0.4 is 4.74 Å². The largest absolute Gasteiger partial charge is 0.483 e. The predicted octanol–water partition coefficient (Wildman–Crippen LogP) is 4.28. The van der Waals surface area contributed by atoms with Gasteiger partial charge < -0.3 is 9.64 Å². The number of hydrogen-bond acceptors (Lipinski definition) is 3. The first-order chi connectivity index (χ1) is 14.6. The van der Waals surface area contributed by atoms with Gasteiger partial charge in [0, 0.05) is 38.3 Å². The first-order valence-corrected chi connectivity index (χ1v) is 11.0. The van der Waals surface area contributed by atoms with Gasteiger partial charge in [-0.15, -0.1) is 0 Å². The monoisotopic (exact) mass is 410 g/mol. The second-order valence-electron chi connectivity index (χ2n) is 8.59. The Bertz CT molecular complexity index is 872. The Morgan fingerprint density at radius 3 is 2.73 bits per heavy atom. The van der Waals surface area contributed by atoms with E-state index in [9.17, 15) is 9.18 Å². The molecule has 0 aromatic heterocycles. The second kappa shape index (κ2) is 9.61. The van der Waals surface area contributed by atoms with Gasteiger partial charge in [-0.05, 0) is 49.3 Å². The molecular formula is C25H31FN2O2. The van der Waals surface area contributed by atoms with Crippen LogP contribution in [0.15, 0.2) is 48.5 Å². The van der Waals surface area contributed by atoms with Crippen molar-refractivity contribution in [2.24, 2.45) is 5.92 Å². The van der Waals surface area contributed by atoms with Crippen molar-refractivity contribution in [2.45, 2.75) is 44.7 Å². The SMILES string of the molecule is CN1C(=O)COc2ccccc2CCCC[C@H]2CN(Cc3ccccc3F)CC[C@H]21. The fourth-order valence-electron chi connectivity index (χ4n) is 4.90. The van der Waals surface area contributed by atoms with Gasteiger partial charge in [-0.2, -0.15) is 0 Å². The number of carbonyl (C=O) groups excluding carboxylic acids is 1. The summed E-state index contributed by atoms with van der Waals surface area (Å²) in [5.41, 5.74) is 1.92. The van der Waals surface area contributed by atoms with Crippen LogP contribution in [0.2, 0.25) is 0 Å². The van der Waals surface area contributed by atoms with E-state index in [0.29, 0.717) is 12.5 Å². The molecule has 0 spiro atoms. The lowest BCUT2D eigenvalue weighted by molar-refractivity contribution is -0.136. The van der Waals surface area contributed by atoms with Crippen LogP contribution in [0.25, 0.3) is 0 Å². The van der Waals surface area contributed by atoms with Crippen molar-refractivity contribution in [1.82, 2.24) is 9.80 Å². The lowest BCUT2D eigenvalue weighted by atomic mass is 9.86. The van der Waals surface area contributed by atoms with E-state index in [0.717, 1.165) is 56.5 Å². The van der Waals surface area contributed by atoms with E-state index in [2.05, 4.69) is 11.0 Å². The van der Waals surface area contributed by atoms with Crippen LogP contribution in [-0.4, -0.2) is 48.5 Å². The number of fused-ring (bicyclic) bond motifs is 2. The highest BCUT2D eigenvalue weighted by molar-refractivity contribution is 5.78. The molecule has 1 saturated heterocycles. The lowest BCUT2D eigenvalue weighted by Crippen LogP contribution is -2.52. The summed E-state index contributed by atoms with van der Waals surface area (Å²) >= 11 is 0. The minimum atomic E-state index is -0.138. The van der Waals surface area contributed by atoms with Gasteiger partial charge in [-0.1, -0.05) is 42.8 Å². The quantitative estimate of drug-likeness (QED) is 0.741. The molecule has 4 rings (SSSR count). The van der Waals surface area contributed by atoms with E-state index in [1.165, 1.54) is 11.6 Å². The third-order valence-corrected chi connectivity index (χ3v) is 6.62. The zero-order chi connectivity index (χ0) is 20.9. The predicted molar refractivity (Wildman–Crippen MR) is 116 cm³/mol. The highest BCUT2D eigenvalue weighted by atomic mass is 19.1. The molecule has 2 aliphatic rings.